The van der Waals surface area contributed by atoms with Crippen molar-refractivity contribution in [2.24, 2.45) is 5.73 Å². The molecule has 0 saturated heterocycles. The van der Waals surface area contributed by atoms with Crippen molar-refractivity contribution in [1.82, 2.24) is 0 Å². The minimum Gasteiger partial charge on any atom is -0.320 e. The fourth-order valence-corrected chi connectivity index (χ4v) is 2.08. The molecule has 4 heteroatoms. The van der Waals surface area contributed by atoms with Gasteiger partial charge in [0.2, 0.25) is 0 Å². The summed E-state index contributed by atoms with van der Waals surface area (Å²) in [5.41, 5.74) is 4.36. The molecule has 2 N–H and O–H groups in total. The van der Waals surface area contributed by atoms with E-state index < -0.39 is 11.5 Å². The molecule has 0 bridgehead atoms. The van der Waals surface area contributed by atoms with Crippen LogP contribution in [0.25, 0.3) is 0 Å². The molecule has 0 radical (unpaired) electrons. The van der Waals surface area contributed by atoms with Crippen LogP contribution in [0, 0.1) is 0 Å². The summed E-state index contributed by atoms with van der Waals surface area (Å²) in [6.45, 7) is 0. The van der Waals surface area contributed by atoms with Gasteiger partial charge in [-0.1, -0.05) is 28.1 Å². The first-order valence-electron chi connectivity index (χ1n) is 4.88. The Morgan fingerprint density at radius 3 is 2.13 bits per heavy atom. The van der Waals surface area contributed by atoms with Gasteiger partial charge in [-0.25, -0.2) is 0 Å². The smallest absolute Gasteiger partial charge is 0.290 e. The van der Waals surface area contributed by atoms with Gasteiger partial charge in [0.1, 0.15) is 0 Å². The second kappa shape index (κ2) is 3.52. The first-order valence-corrected chi connectivity index (χ1v) is 5.68. The standard InChI is InChI=1S/C11H12BrF2N/c12-9-4-2-8(3-5-9)11(13,14)10(15)6-1-7-10/h2-5H,1,6-7,15H2. The number of halogens is 3. The van der Waals surface area contributed by atoms with E-state index in [9.17, 15) is 8.78 Å². The van der Waals surface area contributed by atoms with Crippen molar-refractivity contribution in [3.05, 3.63) is 34.3 Å². The Balaban J connectivity index is 2.32. The molecule has 0 aromatic heterocycles. The molecule has 1 saturated carbocycles. The Morgan fingerprint density at radius 1 is 1.20 bits per heavy atom. The third-order valence-corrected chi connectivity index (χ3v) is 3.61. The van der Waals surface area contributed by atoms with Crippen LogP contribution in [0.3, 0.4) is 0 Å². The van der Waals surface area contributed by atoms with Crippen LogP contribution in [-0.4, -0.2) is 5.54 Å². The van der Waals surface area contributed by atoms with Gasteiger partial charge < -0.3 is 5.73 Å². The van der Waals surface area contributed by atoms with Gasteiger partial charge in [-0.3, -0.25) is 0 Å². The van der Waals surface area contributed by atoms with Crippen molar-refractivity contribution in [2.45, 2.75) is 30.7 Å². The van der Waals surface area contributed by atoms with Crippen molar-refractivity contribution in [3.8, 4) is 0 Å². The van der Waals surface area contributed by atoms with Crippen LogP contribution >= 0.6 is 15.9 Å². The highest BCUT2D eigenvalue weighted by Crippen LogP contribution is 2.48. The maximum Gasteiger partial charge on any atom is 0.290 e. The van der Waals surface area contributed by atoms with Crippen LogP contribution in [0.2, 0.25) is 0 Å². The fourth-order valence-electron chi connectivity index (χ4n) is 1.82. The molecule has 2 rings (SSSR count). The molecule has 15 heavy (non-hydrogen) atoms. The summed E-state index contributed by atoms with van der Waals surface area (Å²) >= 11 is 3.22. The molecule has 0 atom stereocenters. The van der Waals surface area contributed by atoms with E-state index in [0.29, 0.717) is 12.8 Å². The van der Waals surface area contributed by atoms with Crippen LogP contribution in [0.1, 0.15) is 24.8 Å². The van der Waals surface area contributed by atoms with Crippen LogP contribution in [-0.2, 0) is 5.92 Å². The molecule has 0 unspecified atom stereocenters. The average molecular weight is 276 g/mol. The van der Waals surface area contributed by atoms with E-state index in [1.54, 1.807) is 12.1 Å². The first kappa shape index (κ1) is 11.0. The van der Waals surface area contributed by atoms with Gasteiger partial charge in [-0.2, -0.15) is 8.78 Å². The Morgan fingerprint density at radius 2 is 1.73 bits per heavy atom. The van der Waals surface area contributed by atoms with Crippen LogP contribution in [0.4, 0.5) is 8.78 Å². The Hall–Kier alpha value is -0.480. The van der Waals surface area contributed by atoms with Crippen molar-refractivity contribution < 1.29 is 8.78 Å². The lowest BCUT2D eigenvalue weighted by Crippen LogP contribution is -2.58. The molecule has 1 aromatic carbocycles. The van der Waals surface area contributed by atoms with Gasteiger partial charge >= 0.3 is 0 Å². The van der Waals surface area contributed by atoms with Gasteiger partial charge in [-0.05, 0) is 31.4 Å². The van der Waals surface area contributed by atoms with E-state index in [0.717, 1.165) is 10.9 Å². The van der Waals surface area contributed by atoms with Crippen LogP contribution in [0.15, 0.2) is 28.7 Å². The SMILES string of the molecule is NC1(C(F)(F)c2ccc(Br)cc2)CCC1. The molecular weight excluding hydrogens is 264 g/mol. The minimum absolute atomic E-state index is 0.00731. The summed E-state index contributed by atoms with van der Waals surface area (Å²) in [6, 6.07) is 6.09. The second-order valence-electron chi connectivity index (χ2n) is 4.09. The van der Waals surface area contributed by atoms with E-state index in [4.69, 9.17) is 5.73 Å². The normalized spacial score (nSPS) is 19.7. The summed E-state index contributed by atoms with van der Waals surface area (Å²) < 4.78 is 28.7. The lowest BCUT2D eigenvalue weighted by molar-refractivity contribution is -0.113. The maximum atomic E-state index is 14.0. The molecule has 0 heterocycles. The largest absolute Gasteiger partial charge is 0.320 e. The van der Waals surface area contributed by atoms with Gasteiger partial charge in [0.25, 0.3) is 5.92 Å². The first-order chi connectivity index (χ1) is 6.96. The summed E-state index contributed by atoms with van der Waals surface area (Å²) in [4.78, 5) is 0. The number of benzene rings is 1. The monoisotopic (exact) mass is 275 g/mol. The van der Waals surface area contributed by atoms with Crippen molar-refractivity contribution >= 4 is 15.9 Å². The zero-order valence-corrected chi connectivity index (χ0v) is 9.73. The molecule has 0 spiro atoms. The van der Waals surface area contributed by atoms with E-state index in [1.165, 1.54) is 12.1 Å². The quantitative estimate of drug-likeness (QED) is 0.880. The molecule has 1 aliphatic rings. The van der Waals surface area contributed by atoms with Crippen molar-refractivity contribution in [1.29, 1.82) is 0 Å². The molecular formula is C11H12BrF2N. The molecule has 0 aliphatic heterocycles. The average Bonchev–Trinajstić information content (AvgIpc) is 2.14. The zero-order valence-electron chi connectivity index (χ0n) is 8.14. The number of nitrogens with two attached hydrogens (primary N) is 1. The molecule has 1 nitrogen and oxygen atoms in total. The predicted molar refractivity (Wildman–Crippen MR) is 58.8 cm³/mol. The Kier molecular flexibility index (Phi) is 2.59. The van der Waals surface area contributed by atoms with Crippen molar-refractivity contribution in [3.63, 3.8) is 0 Å². The van der Waals surface area contributed by atoms with E-state index in [2.05, 4.69) is 15.9 Å². The molecule has 0 amide bonds. The molecule has 82 valence electrons. The number of rotatable bonds is 2. The highest BCUT2D eigenvalue weighted by Gasteiger charge is 2.55. The third kappa shape index (κ3) is 1.70. The number of hydrogen-bond acceptors (Lipinski definition) is 1. The number of hydrogen-bond donors (Lipinski definition) is 1. The van der Waals surface area contributed by atoms with Gasteiger partial charge in [0.15, 0.2) is 0 Å². The van der Waals surface area contributed by atoms with Crippen molar-refractivity contribution in [2.75, 3.05) is 0 Å². The molecule has 1 aliphatic carbocycles. The third-order valence-electron chi connectivity index (χ3n) is 3.08. The van der Waals surface area contributed by atoms with E-state index in [-0.39, 0.29) is 5.56 Å². The maximum absolute atomic E-state index is 14.0. The molecule has 1 fully saturated rings. The molecule has 1 aromatic rings. The van der Waals surface area contributed by atoms with Gasteiger partial charge in [0.05, 0.1) is 5.54 Å². The Bertz CT molecular complexity index is 357. The van der Waals surface area contributed by atoms with Gasteiger partial charge in [-0.15, -0.1) is 0 Å². The van der Waals surface area contributed by atoms with Crippen LogP contribution < -0.4 is 5.73 Å². The summed E-state index contributed by atoms with van der Waals surface area (Å²) in [7, 11) is 0. The lowest BCUT2D eigenvalue weighted by Gasteiger charge is -2.44. The van der Waals surface area contributed by atoms with Crippen LogP contribution in [0.5, 0.6) is 0 Å². The highest BCUT2D eigenvalue weighted by atomic mass is 79.9. The summed E-state index contributed by atoms with van der Waals surface area (Å²) in [5.74, 6) is -2.92. The number of alkyl halides is 2. The topological polar surface area (TPSA) is 26.0 Å². The Labute approximate surface area is 95.8 Å². The fraction of sp³-hybridized carbons (Fsp3) is 0.455. The second-order valence-corrected chi connectivity index (χ2v) is 5.01. The minimum atomic E-state index is -2.92. The summed E-state index contributed by atoms with van der Waals surface area (Å²) in [5, 5.41) is 0. The van der Waals surface area contributed by atoms with E-state index in [1.807, 2.05) is 0 Å². The summed E-state index contributed by atoms with van der Waals surface area (Å²) in [6.07, 6.45) is 1.59. The lowest BCUT2D eigenvalue weighted by atomic mass is 9.71. The zero-order chi connectivity index (χ0) is 11.1. The predicted octanol–water partition coefficient (Wildman–Crippen LogP) is 3.42. The van der Waals surface area contributed by atoms with Gasteiger partial charge in [0, 0.05) is 10.0 Å². The highest BCUT2D eigenvalue weighted by molar-refractivity contribution is 9.10. The van der Waals surface area contributed by atoms with E-state index >= 15 is 0 Å².